The first-order chi connectivity index (χ1) is 12.7. The van der Waals surface area contributed by atoms with Crippen LogP contribution in [0.25, 0.3) is 0 Å². The number of hydrogen-bond acceptors (Lipinski definition) is 1. The van der Waals surface area contributed by atoms with E-state index in [0.717, 1.165) is 24.2 Å². The van der Waals surface area contributed by atoms with E-state index in [1.165, 1.54) is 37.7 Å². The van der Waals surface area contributed by atoms with Crippen LogP contribution in [0.3, 0.4) is 0 Å². The molecule has 0 saturated heterocycles. The SMILES string of the molecule is CCCCCCCCN(Cc1ccccc1)C(=O)Nc1ccccc1C. The third-order valence-corrected chi connectivity index (χ3v) is 4.67. The van der Waals surface area contributed by atoms with E-state index >= 15 is 0 Å². The molecule has 0 radical (unpaired) electrons. The van der Waals surface area contributed by atoms with Crippen LogP contribution in [0.15, 0.2) is 54.6 Å². The monoisotopic (exact) mass is 352 g/mol. The predicted octanol–water partition coefficient (Wildman–Crippen LogP) is 6.39. The highest BCUT2D eigenvalue weighted by Crippen LogP contribution is 2.16. The summed E-state index contributed by atoms with van der Waals surface area (Å²) in [7, 11) is 0. The van der Waals surface area contributed by atoms with E-state index in [9.17, 15) is 4.79 Å². The summed E-state index contributed by atoms with van der Waals surface area (Å²) < 4.78 is 0. The van der Waals surface area contributed by atoms with Gasteiger partial charge >= 0.3 is 6.03 Å². The van der Waals surface area contributed by atoms with E-state index in [1.54, 1.807) is 0 Å². The Hall–Kier alpha value is -2.29. The van der Waals surface area contributed by atoms with Crippen LogP contribution < -0.4 is 5.32 Å². The molecule has 26 heavy (non-hydrogen) atoms. The van der Waals surface area contributed by atoms with Crippen molar-refractivity contribution in [3.63, 3.8) is 0 Å². The van der Waals surface area contributed by atoms with E-state index in [1.807, 2.05) is 54.3 Å². The van der Waals surface area contributed by atoms with E-state index in [0.29, 0.717) is 6.54 Å². The third-order valence-electron chi connectivity index (χ3n) is 4.67. The standard InChI is InChI=1S/C23H32N2O/c1-3-4-5-6-7-13-18-25(19-21-15-9-8-10-16-21)23(26)24-22-17-12-11-14-20(22)2/h8-12,14-17H,3-7,13,18-19H2,1-2H3,(H,24,26). The lowest BCUT2D eigenvalue weighted by molar-refractivity contribution is 0.207. The maximum Gasteiger partial charge on any atom is 0.322 e. The number of carbonyl (C=O) groups excluding carboxylic acids is 1. The van der Waals surface area contributed by atoms with Gasteiger partial charge in [0, 0.05) is 18.8 Å². The Labute approximate surface area is 158 Å². The molecule has 0 atom stereocenters. The van der Waals surface area contributed by atoms with Gasteiger partial charge in [-0.3, -0.25) is 0 Å². The third kappa shape index (κ3) is 6.91. The number of aryl methyl sites for hydroxylation is 1. The zero-order valence-electron chi connectivity index (χ0n) is 16.2. The second-order valence-corrected chi connectivity index (χ2v) is 6.92. The van der Waals surface area contributed by atoms with Gasteiger partial charge in [0.2, 0.25) is 0 Å². The average molecular weight is 353 g/mol. The van der Waals surface area contributed by atoms with Crippen molar-refractivity contribution in [2.75, 3.05) is 11.9 Å². The Bertz CT molecular complexity index is 654. The molecule has 2 amide bonds. The topological polar surface area (TPSA) is 32.3 Å². The summed E-state index contributed by atoms with van der Waals surface area (Å²) in [5.41, 5.74) is 3.14. The average Bonchev–Trinajstić information content (AvgIpc) is 2.66. The minimum Gasteiger partial charge on any atom is -0.320 e. The number of rotatable bonds is 10. The van der Waals surface area contributed by atoms with Crippen LogP contribution in [0.2, 0.25) is 0 Å². The van der Waals surface area contributed by atoms with Gasteiger partial charge in [0.25, 0.3) is 0 Å². The zero-order chi connectivity index (χ0) is 18.6. The Morgan fingerprint density at radius 2 is 1.54 bits per heavy atom. The van der Waals surface area contributed by atoms with Crippen LogP contribution in [0.1, 0.15) is 56.6 Å². The van der Waals surface area contributed by atoms with E-state index in [-0.39, 0.29) is 6.03 Å². The number of nitrogens with zero attached hydrogens (tertiary/aromatic N) is 1. The number of urea groups is 1. The van der Waals surface area contributed by atoms with E-state index in [4.69, 9.17) is 0 Å². The molecule has 2 aromatic rings. The molecule has 140 valence electrons. The summed E-state index contributed by atoms with van der Waals surface area (Å²) in [5, 5.41) is 3.08. The van der Waals surface area contributed by atoms with Crippen LogP contribution in [0.4, 0.5) is 10.5 Å². The highest BCUT2D eigenvalue weighted by atomic mass is 16.2. The number of benzene rings is 2. The molecule has 0 aliphatic carbocycles. The highest BCUT2D eigenvalue weighted by Gasteiger charge is 2.14. The summed E-state index contributed by atoms with van der Waals surface area (Å²) in [6.45, 7) is 5.69. The molecule has 3 nitrogen and oxygen atoms in total. The number of para-hydroxylation sites is 1. The fourth-order valence-electron chi connectivity index (χ4n) is 3.05. The smallest absolute Gasteiger partial charge is 0.320 e. The van der Waals surface area contributed by atoms with Crippen molar-refractivity contribution in [1.29, 1.82) is 0 Å². The first-order valence-corrected chi connectivity index (χ1v) is 9.86. The van der Waals surface area contributed by atoms with Crippen LogP contribution in [-0.2, 0) is 6.54 Å². The molecule has 0 saturated carbocycles. The fraction of sp³-hybridized carbons (Fsp3) is 0.435. The van der Waals surface area contributed by atoms with Gasteiger partial charge in [-0.1, -0.05) is 87.6 Å². The molecule has 0 aromatic heterocycles. The minimum atomic E-state index is -0.0169. The van der Waals surface area contributed by atoms with Gasteiger partial charge in [-0.2, -0.15) is 0 Å². The summed E-state index contributed by atoms with van der Waals surface area (Å²) in [4.78, 5) is 14.8. The molecule has 0 unspecified atom stereocenters. The molecule has 2 aromatic carbocycles. The lowest BCUT2D eigenvalue weighted by Gasteiger charge is -2.24. The minimum absolute atomic E-state index is 0.0169. The summed E-state index contributed by atoms with van der Waals surface area (Å²) in [6.07, 6.45) is 7.36. The van der Waals surface area contributed by atoms with Gasteiger partial charge < -0.3 is 10.2 Å². The van der Waals surface area contributed by atoms with Crippen LogP contribution in [0, 0.1) is 6.92 Å². The summed E-state index contributed by atoms with van der Waals surface area (Å²) in [5.74, 6) is 0. The maximum atomic E-state index is 12.9. The molecule has 0 spiro atoms. The van der Waals surface area contributed by atoms with E-state index in [2.05, 4.69) is 24.4 Å². The molecule has 0 heterocycles. The first kappa shape index (κ1) is 20.0. The normalized spacial score (nSPS) is 10.5. The number of nitrogens with one attached hydrogen (secondary N) is 1. The van der Waals surface area contributed by atoms with Crippen molar-refractivity contribution in [2.45, 2.75) is 58.9 Å². The van der Waals surface area contributed by atoms with Crippen molar-refractivity contribution in [3.05, 3.63) is 65.7 Å². The van der Waals surface area contributed by atoms with Crippen LogP contribution in [0.5, 0.6) is 0 Å². The van der Waals surface area contributed by atoms with Gasteiger partial charge in [0.05, 0.1) is 0 Å². The number of anilines is 1. The Kier molecular flexibility index (Phi) is 8.74. The van der Waals surface area contributed by atoms with Crippen molar-refractivity contribution in [2.24, 2.45) is 0 Å². The number of amides is 2. The maximum absolute atomic E-state index is 12.9. The van der Waals surface area contributed by atoms with Crippen molar-refractivity contribution < 1.29 is 4.79 Å². The second-order valence-electron chi connectivity index (χ2n) is 6.92. The molecular formula is C23H32N2O. The van der Waals surface area contributed by atoms with Crippen molar-refractivity contribution in [3.8, 4) is 0 Å². The molecule has 0 aliphatic rings. The van der Waals surface area contributed by atoms with Crippen LogP contribution >= 0.6 is 0 Å². The quantitative estimate of drug-likeness (QED) is 0.494. The number of hydrogen-bond donors (Lipinski definition) is 1. The number of carbonyl (C=O) groups is 1. The Morgan fingerprint density at radius 1 is 0.885 bits per heavy atom. The first-order valence-electron chi connectivity index (χ1n) is 9.86. The van der Waals surface area contributed by atoms with Crippen molar-refractivity contribution >= 4 is 11.7 Å². The van der Waals surface area contributed by atoms with E-state index < -0.39 is 0 Å². The molecule has 0 bridgehead atoms. The summed E-state index contributed by atoms with van der Waals surface area (Å²) >= 11 is 0. The molecule has 3 heteroatoms. The number of unbranched alkanes of at least 4 members (excludes halogenated alkanes) is 5. The lowest BCUT2D eigenvalue weighted by Crippen LogP contribution is -2.35. The summed E-state index contributed by atoms with van der Waals surface area (Å²) in [6, 6.07) is 18.1. The Balaban J connectivity index is 1.95. The van der Waals surface area contributed by atoms with Gasteiger partial charge in [-0.15, -0.1) is 0 Å². The lowest BCUT2D eigenvalue weighted by atomic mass is 10.1. The largest absolute Gasteiger partial charge is 0.322 e. The second kappa shape index (κ2) is 11.3. The Morgan fingerprint density at radius 3 is 2.27 bits per heavy atom. The molecule has 0 fully saturated rings. The fourth-order valence-corrected chi connectivity index (χ4v) is 3.05. The molecule has 2 rings (SSSR count). The molecule has 0 aliphatic heterocycles. The van der Waals surface area contributed by atoms with Crippen molar-refractivity contribution in [1.82, 2.24) is 4.90 Å². The van der Waals surface area contributed by atoms with Gasteiger partial charge in [0.15, 0.2) is 0 Å². The molecular weight excluding hydrogens is 320 g/mol. The predicted molar refractivity (Wildman–Crippen MR) is 110 cm³/mol. The van der Waals surface area contributed by atoms with Gasteiger partial charge in [-0.05, 0) is 30.5 Å². The zero-order valence-corrected chi connectivity index (χ0v) is 16.2. The van der Waals surface area contributed by atoms with Gasteiger partial charge in [-0.25, -0.2) is 4.79 Å². The van der Waals surface area contributed by atoms with Crippen LogP contribution in [-0.4, -0.2) is 17.5 Å². The highest BCUT2D eigenvalue weighted by molar-refractivity contribution is 5.90. The molecule has 1 N–H and O–H groups in total. The van der Waals surface area contributed by atoms with Gasteiger partial charge in [0.1, 0.15) is 0 Å².